The maximum absolute atomic E-state index is 14.3. The monoisotopic (exact) mass is 492 g/mol. The number of amides is 1. The number of rotatable bonds is 2. The molecule has 3 fully saturated rings. The van der Waals surface area contributed by atoms with E-state index >= 15 is 0 Å². The molecule has 7 atom stereocenters. The average molecular weight is 493 g/mol. The second-order valence-electron chi connectivity index (χ2n) is 14.9. The third-order valence-corrected chi connectivity index (χ3v) is 12.4. The van der Waals surface area contributed by atoms with Crippen LogP contribution in [-0.2, 0) is 14.4 Å². The fraction of sp³-hybridized carbons (Fsp3) is 0.742. The number of hydrogen-bond acceptors (Lipinski definition) is 4. The van der Waals surface area contributed by atoms with Gasteiger partial charge in [-0.05, 0) is 79.1 Å². The average Bonchev–Trinajstić information content (AvgIpc) is 2.77. The number of nitrogens with two attached hydrogens (primary N) is 1. The van der Waals surface area contributed by atoms with Gasteiger partial charge < -0.3 is 11.1 Å². The predicted octanol–water partition coefficient (Wildman–Crippen LogP) is 5.82. The quantitative estimate of drug-likeness (QED) is 0.475. The second-order valence-corrected chi connectivity index (χ2v) is 14.9. The third kappa shape index (κ3) is 2.89. The van der Waals surface area contributed by atoms with E-state index in [1.807, 2.05) is 26.0 Å². The smallest absolute Gasteiger partial charge is 0.223 e. The van der Waals surface area contributed by atoms with Crippen molar-refractivity contribution >= 4 is 23.7 Å². The predicted molar refractivity (Wildman–Crippen MR) is 141 cm³/mol. The largest absolute Gasteiger partial charge is 0.369 e. The Morgan fingerprint density at radius 1 is 1.00 bits per heavy atom. The van der Waals surface area contributed by atoms with Gasteiger partial charge in [0.05, 0.1) is 5.41 Å². The van der Waals surface area contributed by atoms with Crippen molar-refractivity contribution in [1.82, 2.24) is 0 Å². The summed E-state index contributed by atoms with van der Waals surface area (Å²) in [5, 5.41) is 7.96. The van der Waals surface area contributed by atoms with E-state index in [0.717, 1.165) is 50.5 Å². The molecule has 0 spiro atoms. The number of ketones is 2. The SMILES string of the molecule is CC1(C)CC[C@]2(C(N)=O)CC[C@]3(C)C(C(=O)C=C4[C@@]5(C)C=C(C=N)C(=O)C(C)(C)[C@@H]5CC[C@]43C)C2C1. The Hall–Kier alpha value is -2.04. The first-order valence-corrected chi connectivity index (χ1v) is 13.8. The van der Waals surface area contributed by atoms with Gasteiger partial charge in [0, 0.05) is 28.5 Å². The van der Waals surface area contributed by atoms with E-state index in [9.17, 15) is 14.4 Å². The molecule has 5 heteroatoms. The standard InChI is InChI=1S/C31H44N2O3/c1-26(2)10-12-31(25(33)36)13-11-30(7)23(19(31)16-26)20(34)14-22-28(5)15-18(17-32)24(35)27(3,4)21(28)8-9-29(22,30)6/h14-15,17,19,21,23,32H,8-13,16H2,1-7H3,(H2,33,36)/t19?,21-,23?,28-,29+,30+,31-/m0/s1. The maximum atomic E-state index is 14.3. The van der Waals surface area contributed by atoms with Crippen LogP contribution in [0.15, 0.2) is 23.3 Å². The van der Waals surface area contributed by atoms with Gasteiger partial charge in [-0.15, -0.1) is 0 Å². The first-order valence-electron chi connectivity index (χ1n) is 13.8. The van der Waals surface area contributed by atoms with Crippen molar-refractivity contribution in [1.29, 1.82) is 5.41 Å². The molecule has 3 saturated carbocycles. The molecule has 36 heavy (non-hydrogen) atoms. The minimum absolute atomic E-state index is 0.0312. The summed E-state index contributed by atoms with van der Waals surface area (Å²) in [5.41, 5.74) is 5.62. The fourth-order valence-corrected chi connectivity index (χ4v) is 10.1. The summed E-state index contributed by atoms with van der Waals surface area (Å²) in [6, 6.07) is 0. The molecule has 5 aliphatic carbocycles. The van der Waals surface area contributed by atoms with Crippen molar-refractivity contribution in [2.45, 2.75) is 93.4 Å². The van der Waals surface area contributed by atoms with Crippen LogP contribution in [0.2, 0.25) is 0 Å². The topological polar surface area (TPSA) is 101 Å². The molecular weight excluding hydrogens is 448 g/mol. The van der Waals surface area contributed by atoms with Crippen LogP contribution in [0, 0.1) is 55.7 Å². The Balaban J connectivity index is 1.71. The molecule has 0 aromatic carbocycles. The molecule has 0 bridgehead atoms. The number of carbonyl (C=O) groups excluding carboxylic acids is 3. The van der Waals surface area contributed by atoms with Crippen molar-refractivity contribution in [2.75, 3.05) is 0 Å². The Bertz CT molecular complexity index is 1140. The lowest BCUT2D eigenvalue weighted by atomic mass is 9.34. The lowest BCUT2D eigenvalue weighted by Crippen LogP contribution is -2.66. The van der Waals surface area contributed by atoms with Gasteiger partial charge in [0.25, 0.3) is 0 Å². The summed E-state index contributed by atoms with van der Waals surface area (Å²) in [7, 11) is 0. The number of Topliss-reactive ketones (excluding diaryl/α,β-unsaturated/α-hetero) is 1. The van der Waals surface area contributed by atoms with Crippen LogP contribution >= 0.6 is 0 Å². The zero-order chi connectivity index (χ0) is 26.7. The highest BCUT2D eigenvalue weighted by molar-refractivity contribution is 6.16. The first-order chi connectivity index (χ1) is 16.5. The minimum atomic E-state index is -0.597. The molecule has 1 amide bonds. The van der Waals surface area contributed by atoms with E-state index in [-0.39, 0.29) is 51.5 Å². The molecule has 5 aliphatic rings. The zero-order valence-corrected chi connectivity index (χ0v) is 23.2. The highest BCUT2D eigenvalue weighted by Gasteiger charge is 2.70. The lowest BCUT2D eigenvalue weighted by molar-refractivity contribution is -0.176. The Morgan fingerprint density at radius 2 is 1.64 bits per heavy atom. The molecule has 0 aromatic heterocycles. The maximum Gasteiger partial charge on any atom is 0.223 e. The summed E-state index contributed by atoms with van der Waals surface area (Å²) in [6.07, 6.45) is 11.1. The van der Waals surface area contributed by atoms with Crippen LogP contribution in [0.3, 0.4) is 0 Å². The van der Waals surface area contributed by atoms with Crippen LogP contribution in [-0.4, -0.2) is 23.7 Å². The number of hydrogen-bond donors (Lipinski definition) is 2. The zero-order valence-electron chi connectivity index (χ0n) is 23.2. The van der Waals surface area contributed by atoms with Gasteiger partial charge in [-0.25, -0.2) is 0 Å². The highest BCUT2D eigenvalue weighted by Crippen LogP contribution is 2.74. The molecule has 2 unspecified atom stereocenters. The summed E-state index contributed by atoms with van der Waals surface area (Å²) in [6.45, 7) is 15.4. The van der Waals surface area contributed by atoms with E-state index in [0.29, 0.717) is 5.57 Å². The molecule has 0 saturated heterocycles. The van der Waals surface area contributed by atoms with Crippen LogP contribution in [0.5, 0.6) is 0 Å². The molecule has 0 radical (unpaired) electrons. The molecule has 196 valence electrons. The molecule has 3 N–H and O–H groups in total. The van der Waals surface area contributed by atoms with Crippen LogP contribution in [0.4, 0.5) is 0 Å². The van der Waals surface area contributed by atoms with E-state index in [4.69, 9.17) is 11.1 Å². The van der Waals surface area contributed by atoms with Crippen molar-refractivity contribution in [3.05, 3.63) is 23.3 Å². The summed E-state index contributed by atoms with van der Waals surface area (Å²) < 4.78 is 0. The fourth-order valence-electron chi connectivity index (χ4n) is 10.1. The van der Waals surface area contributed by atoms with Crippen LogP contribution in [0.1, 0.15) is 93.4 Å². The molecule has 0 heterocycles. The van der Waals surface area contributed by atoms with E-state index in [1.54, 1.807) is 0 Å². The Labute approximate surface area is 216 Å². The Kier molecular flexibility index (Phi) is 5.18. The van der Waals surface area contributed by atoms with Gasteiger partial charge in [0.2, 0.25) is 5.91 Å². The number of nitrogens with one attached hydrogen (secondary N) is 1. The summed E-state index contributed by atoms with van der Waals surface area (Å²) >= 11 is 0. The number of carbonyl (C=O) groups is 3. The van der Waals surface area contributed by atoms with E-state index < -0.39 is 16.2 Å². The summed E-state index contributed by atoms with van der Waals surface area (Å²) in [5.74, 6) is -0.239. The second kappa shape index (κ2) is 7.29. The van der Waals surface area contributed by atoms with Crippen LogP contribution < -0.4 is 5.73 Å². The lowest BCUT2D eigenvalue weighted by Gasteiger charge is -2.69. The van der Waals surface area contributed by atoms with E-state index in [2.05, 4.69) is 34.6 Å². The van der Waals surface area contributed by atoms with Gasteiger partial charge in [0.1, 0.15) is 0 Å². The molecule has 0 aromatic rings. The van der Waals surface area contributed by atoms with Gasteiger partial charge in [-0.1, -0.05) is 60.1 Å². The van der Waals surface area contributed by atoms with Gasteiger partial charge >= 0.3 is 0 Å². The van der Waals surface area contributed by atoms with E-state index in [1.165, 1.54) is 6.21 Å². The van der Waals surface area contributed by atoms with Crippen LogP contribution in [0.25, 0.3) is 0 Å². The highest BCUT2D eigenvalue weighted by atomic mass is 16.1. The van der Waals surface area contributed by atoms with Gasteiger partial charge in [0.15, 0.2) is 11.6 Å². The molecular formula is C31H44N2O3. The van der Waals surface area contributed by atoms with Gasteiger partial charge in [-0.2, -0.15) is 0 Å². The Morgan fingerprint density at radius 3 is 2.25 bits per heavy atom. The van der Waals surface area contributed by atoms with Gasteiger partial charge in [-0.3, -0.25) is 14.4 Å². The molecule has 0 aliphatic heterocycles. The number of primary amides is 1. The van der Waals surface area contributed by atoms with Crippen molar-refractivity contribution in [3.8, 4) is 0 Å². The normalized spacial score (nSPS) is 46.8. The third-order valence-electron chi connectivity index (χ3n) is 12.4. The van der Waals surface area contributed by atoms with Crippen molar-refractivity contribution < 1.29 is 14.4 Å². The minimum Gasteiger partial charge on any atom is -0.369 e. The number of fused-ring (bicyclic) bond motifs is 7. The van der Waals surface area contributed by atoms with Crippen molar-refractivity contribution in [2.24, 2.45) is 56.0 Å². The molecule has 5 nitrogen and oxygen atoms in total. The summed E-state index contributed by atoms with van der Waals surface area (Å²) in [4.78, 5) is 40.5. The molecule has 5 rings (SSSR count). The number of allylic oxidation sites excluding steroid dienone is 4. The first kappa shape index (κ1) is 25.6. The van der Waals surface area contributed by atoms with Crippen molar-refractivity contribution in [3.63, 3.8) is 0 Å².